The number of aromatic nitrogens is 2. The van der Waals surface area contributed by atoms with Crippen LogP contribution in [-0.2, 0) is 15.8 Å². The van der Waals surface area contributed by atoms with E-state index in [-0.39, 0.29) is 11.6 Å². The number of benzene rings is 2. The molecule has 0 aliphatic rings. The second-order valence-corrected chi connectivity index (χ2v) is 6.96. The molecule has 3 rings (SSSR count). The summed E-state index contributed by atoms with van der Waals surface area (Å²) in [4.78, 5) is 4.25. The third kappa shape index (κ3) is 2.63. The summed E-state index contributed by atoms with van der Waals surface area (Å²) in [6.45, 7) is 1.51. The van der Waals surface area contributed by atoms with E-state index < -0.39 is 16.1 Å². The van der Waals surface area contributed by atoms with Crippen LogP contribution in [0.15, 0.2) is 54.6 Å². The minimum atomic E-state index is -3.68. The number of fused-ring (bicyclic) bond motifs is 1. The summed E-state index contributed by atoms with van der Waals surface area (Å²) < 4.78 is 26.8. The zero-order valence-corrected chi connectivity index (χ0v) is 12.9. The van der Waals surface area contributed by atoms with Crippen molar-refractivity contribution in [1.82, 2.24) is 8.96 Å². The van der Waals surface area contributed by atoms with E-state index in [1.54, 1.807) is 48.5 Å². The first-order chi connectivity index (χ1) is 10.5. The quantitative estimate of drug-likeness (QED) is 0.802. The Labute approximate surface area is 128 Å². The Kier molecular flexibility index (Phi) is 3.72. The molecule has 0 fully saturated rings. The van der Waals surface area contributed by atoms with E-state index in [0.29, 0.717) is 16.6 Å². The highest BCUT2D eigenvalue weighted by atomic mass is 32.2. The van der Waals surface area contributed by atoms with Crippen molar-refractivity contribution < 1.29 is 13.5 Å². The molecule has 1 N–H and O–H groups in total. The number of aliphatic hydroxyl groups excluding tert-OH is 1. The predicted octanol–water partition coefficient (Wildman–Crippen LogP) is 2.47. The molecule has 0 amide bonds. The van der Waals surface area contributed by atoms with Crippen molar-refractivity contribution in [3.8, 4) is 0 Å². The van der Waals surface area contributed by atoms with Crippen LogP contribution in [0.4, 0.5) is 0 Å². The lowest BCUT2D eigenvalue weighted by Gasteiger charge is -2.12. The molecule has 3 aromatic rings. The maximum absolute atomic E-state index is 12.8. The number of para-hydroxylation sites is 2. The molecule has 0 aliphatic carbocycles. The van der Waals surface area contributed by atoms with Gasteiger partial charge in [-0.3, -0.25) is 0 Å². The summed E-state index contributed by atoms with van der Waals surface area (Å²) in [6.07, 6.45) is -0.974. The fourth-order valence-corrected chi connectivity index (χ4v) is 4.10. The molecule has 1 aromatic heterocycles. The fraction of sp³-hybridized carbons (Fsp3) is 0.188. The van der Waals surface area contributed by atoms with Crippen LogP contribution in [-0.4, -0.2) is 22.5 Å². The maximum atomic E-state index is 12.8. The molecule has 1 atom stereocenters. The van der Waals surface area contributed by atoms with Crippen LogP contribution < -0.4 is 0 Å². The van der Waals surface area contributed by atoms with Gasteiger partial charge < -0.3 is 5.11 Å². The van der Waals surface area contributed by atoms with Crippen LogP contribution in [0.5, 0.6) is 0 Å². The van der Waals surface area contributed by atoms with Crippen LogP contribution in [0, 0.1) is 0 Å². The average Bonchev–Trinajstić information content (AvgIpc) is 2.88. The van der Waals surface area contributed by atoms with Crippen molar-refractivity contribution in [1.29, 1.82) is 0 Å². The molecule has 1 unspecified atom stereocenters. The summed E-state index contributed by atoms with van der Waals surface area (Å²) >= 11 is 0. The molecule has 0 spiro atoms. The topological polar surface area (TPSA) is 72.2 Å². The molecule has 6 heteroatoms. The maximum Gasteiger partial charge on any atom is 0.244 e. The van der Waals surface area contributed by atoms with Gasteiger partial charge in [0.15, 0.2) is 5.82 Å². The Morgan fingerprint density at radius 3 is 2.41 bits per heavy atom. The number of aliphatic hydroxyl groups is 1. The van der Waals surface area contributed by atoms with E-state index in [9.17, 15) is 13.5 Å². The summed E-state index contributed by atoms with van der Waals surface area (Å²) in [7, 11) is -3.68. The zero-order chi connectivity index (χ0) is 15.7. The minimum Gasteiger partial charge on any atom is -0.385 e. The zero-order valence-electron chi connectivity index (χ0n) is 12.0. The van der Waals surface area contributed by atoms with Gasteiger partial charge in [-0.05, 0) is 24.6 Å². The van der Waals surface area contributed by atoms with Gasteiger partial charge in [-0.15, -0.1) is 0 Å². The van der Waals surface area contributed by atoms with E-state index in [2.05, 4.69) is 4.98 Å². The van der Waals surface area contributed by atoms with Gasteiger partial charge >= 0.3 is 0 Å². The van der Waals surface area contributed by atoms with Crippen molar-refractivity contribution in [2.45, 2.75) is 18.8 Å². The van der Waals surface area contributed by atoms with Crippen molar-refractivity contribution in [2.24, 2.45) is 0 Å². The Hall–Kier alpha value is -2.18. The van der Waals surface area contributed by atoms with Gasteiger partial charge in [-0.25, -0.2) is 17.4 Å². The lowest BCUT2D eigenvalue weighted by Crippen LogP contribution is -2.19. The van der Waals surface area contributed by atoms with Crippen LogP contribution in [0.1, 0.15) is 24.4 Å². The van der Waals surface area contributed by atoms with Crippen molar-refractivity contribution >= 4 is 21.1 Å². The molecular weight excluding hydrogens is 300 g/mol. The normalized spacial score (nSPS) is 13.4. The van der Waals surface area contributed by atoms with Gasteiger partial charge in [0.25, 0.3) is 0 Å². The molecule has 2 aromatic carbocycles. The number of nitrogens with zero attached hydrogens (tertiary/aromatic N) is 2. The third-order valence-electron chi connectivity index (χ3n) is 3.39. The molecule has 1 heterocycles. The van der Waals surface area contributed by atoms with Crippen molar-refractivity contribution in [2.75, 3.05) is 0 Å². The van der Waals surface area contributed by atoms with Crippen LogP contribution in [0.3, 0.4) is 0 Å². The highest BCUT2D eigenvalue weighted by molar-refractivity contribution is 7.89. The standard InChI is InChI=1S/C16H16N2O3S/c1-12(19)16-17-14-9-5-6-10-15(14)18(16)22(20,21)11-13-7-3-2-4-8-13/h2-10,12,19H,11H2,1H3. The fourth-order valence-electron chi connectivity index (χ4n) is 2.43. The van der Waals surface area contributed by atoms with E-state index in [1.165, 1.54) is 6.92 Å². The smallest absolute Gasteiger partial charge is 0.244 e. The lowest BCUT2D eigenvalue weighted by atomic mass is 10.2. The highest BCUT2D eigenvalue weighted by Gasteiger charge is 2.24. The average molecular weight is 316 g/mol. The Morgan fingerprint density at radius 1 is 1.09 bits per heavy atom. The van der Waals surface area contributed by atoms with Crippen molar-refractivity contribution in [3.05, 3.63) is 66.0 Å². The van der Waals surface area contributed by atoms with Gasteiger partial charge in [0, 0.05) is 0 Å². The lowest BCUT2D eigenvalue weighted by molar-refractivity contribution is 0.188. The Balaban J connectivity index is 2.17. The summed E-state index contributed by atoms with van der Waals surface area (Å²) in [6, 6.07) is 15.9. The Bertz CT molecular complexity index is 900. The first kappa shape index (κ1) is 14.7. The minimum absolute atomic E-state index is 0.136. The van der Waals surface area contributed by atoms with E-state index in [1.807, 2.05) is 6.07 Å². The largest absolute Gasteiger partial charge is 0.385 e. The van der Waals surface area contributed by atoms with Gasteiger partial charge in [0.05, 0.1) is 16.8 Å². The van der Waals surface area contributed by atoms with E-state index >= 15 is 0 Å². The molecule has 0 aliphatic heterocycles. The molecule has 0 bridgehead atoms. The van der Waals surface area contributed by atoms with Gasteiger partial charge in [0.1, 0.15) is 6.10 Å². The summed E-state index contributed by atoms with van der Waals surface area (Å²) in [5, 5.41) is 9.89. The van der Waals surface area contributed by atoms with Gasteiger partial charge in [0.2, 0.25) is 10.0 Å². The van der Waals surface area contributed by atoms with Crippen LogP contribution >= 0.6 is 0 Å². The molecule has 22 heavy (non-hydrogen) atoms. The van der Waals surface area contributed by atoms with Crippen LogP contribution in [0.25, 0.3) is 11.0 Å². The van der Waals surface area contributed by atoms with Gasteiger partial charge in [-0.2, -0.15) is 0 Å². The molecule has 0 radical (unpaired) electrons. The summed E-state index contributed by atoms with van der Waals surface area (Å²) in [5.41, 5.74) is 1.72. The number of hydrogen-bond acceptors (Lipinski definition) is 4. The second kappa shape index (κ2) is 5.55. The van der Waals surface area contributed by atoms with Gasteiger partial charge in [-0.1, -0.05) is 42.5 Å². The molecular formula is C16H16N2O3S. The predicted molar refractivity (Wildman–Crippen MR) is 84.8 cm³/mol. The molecule has 5 nitrogen and oxygen atoms in total. The number of rotatable bonds is 4. The number of hydrogen-bond donors (Lipinski definition) is 1. The molecule has 0 saturated heterocycles. The highest BCUT2D eigenvalue weighted by Crippen LogP contribution is 2.24. The third-order valence-corrected chi connectivity index (χ3v) is 5.03. The SMILES string of the molecule is CC(O)c1nc2ccccc2n1S(=O)(=O)Cc1ccccc1. The second-order valence-electron chi connectivity index (χ2n) is 5.14. The van der Waals surface area contributed by atoms with Crippen LogP contribution in [0.2, 0.25) is 0 Å². The van der Waals surface area contributed by atoms with Crippen molar-refractivity contribution in [3.63, 3.8) is 0 Å². The Morgan fingerprint density at radius 2 is 1.73 bits per heavy atom. The monoisotopic (exact) mass is 316 g/mol. The summed E-state index contributed by atoms with van der Waals surface area (Å²) in [5.74, 6) is -0.00869. The molecule has 0 saturated carbocycles. The first-order valence-electron chi connectivity index (χ1n) is 6.91. The first-order valence-corrected chi connectivity index (χ1v) is 8.52. The van der Waals surface area contributed by atoms with E-state index in [4.69, 9.17) is 0 Å². The number of imidazole rings is 1. The molecule has 114 valence electrons. The van der Waals surface area contributed by atoms with E-state index in [0.717, 1.165) is 3.97 Å².